The number of aryl methyl sites for hydroxylation is 4. The number of aliphatic hydroxyl groups is 2. The van der Waals surface area contributed by atoms with Crippen LogP contribution in [0, 0.1) is 0 Å². The summed E-state index contributed by atoms with van der Waals surface area (Å²) in [5.41, 5.74) is 2.44. The molecule has 0 bridgehead atoms. The molecule has 4 heterocycles. The van der Waals surface area contributed by atoms with Gasteiger partial charge in [-0.1, -0.05) is 0 Å². The molecule has 0 aliphatic rings. The summed E-state index contributed by atoms with van der Waals surface area (Å²) in [6, 6.07) is 8.94. The van der Waals surface area contributed by atoms with Gasteiger partial charge in [0.2, 0.25) is 25.3 Å². The summed E-state index contributed by atoms with van der Waals surface area (Å²) in [7, 11) is 10.2. The van der Waals surface area contributed by atoms with Crippen molar-refractivity contribution in [3.63, 3.8) is 0 Å². The lowest BCUT2D eigenvalue weighted by Crippen LogP contribution is -3.00. The van der Waals surface area contributed by atoms with E-state index in [0.29, 0.717) is 0 Å². The lowest BCUT2D eigenvalue weighted by Gasteiger charge is -2.14. The van der Waals surface area contributed by atoms with Crippen molar-refractivity contribution in [2.75, 3.05) is 14.2 Å². The van der Waals surface area contributed by atoms with Crippen LogP contribution in [0.3, 0.4) is 0 Å². The van der Waals surface area contributed by atoms with Crippen molar-refractivity contribution in [1.82, 2.24) is 18.3 Å². The highest BCUT2D eigenvalue weighted by atomic mass is 35.5. The predicted molar refractivity (Wildman–Crippen MR) is 136 cm³/mol. The average Bonchev–Trinajstić information content (AvgIpc) is 3.70. The van der Waals surface area contributed by atoms with E-state index >= 15 is 0 Å². The molecular weight excluding hydrogens is 614 g/mol. The highest BCUT2D eigenvalue weighted by Gasteiger charge is 2.29. The van der Waals surface area contributed by atoms with Gasteiger partial charge in [-0.3, -0.25) is 0 Å². The van der Waals surface area contributed by atoms with Gasteiger partial charge in [0.15, 0.2) is 0 Å². The van der Waals surface area contributed by atoms with Gasteiger partial charge in [-0.25, -0.2) is 18.3 Å². The third-order valence-electron chi connectivity index (χ3n) is 5.82. The zero-order chi connectivity index (χ0) is 26.2. The molecule has 0 radical (unpaired) electrons. The maximum absolute atomic E-state index is 7.00. The molecule has 5 rings (SSSR count). The number of aromatic nitrogens is 8. The largest absolute Gasteiger partial charge is 1.00 e. The Hall–Kier alpha value is -2.90. The Morgan fingerprint density at radius 1 is 0.463 bits per heavy atom. The molecule has 0 amide bonds. The molecule has 11 nitrogen and oxygen atoms in total. The minimum absolute atomic E-state index is 0. The first-order valence-electron chi connectivity index (χ1n) is 11.6. The van der Waals surface area contributed by atoms with Crippen LogP contribution in [-0.4, -0.2) is 48.2 Å². The van der Waals surface area contributed by atoms with E-state index in [1.807, 2.05) is 28.2 Å². The van der Waals surface area contributed by atoms with Crippen LogP contribution in [0.2, 0.25) is 0 Å². The highest BCUT2D eigenvalue weighted by molar-refractivity contribution is 5.28. The quantitative estimate of drug-likeness (QED) is 0.178. The average molecular weight is 654 g/mol. The molecule has 0 aliphatic carbocycles. The van der Waals surface area contributed by atoms with Crippen molar-refractivity contribution in [3.8, 4) is 0 Å². The predicted octanol–water partition coefficient (Wildman–Crippen LogP) is -13.2. The Balaban J connectivity index is -0.00000154. The first kappa shape index (κ1) is 42.6. The van der Waals surface area contributed by atoms with Crippen LogP contribution in [0.15, 0.2) is 99.1 Å². The van der Waals surface area contributed by atoms with Crippen LogP contribution in [0.5, 0.6) is 0 Å². The Kier molecular flexibility index (Phi) is 20.8. The third kappa shape index (κ3) is 10.2. The summed E-state index contributed by atoms with van der Waals surface area (Å²) in [5.74, 6) is 0. The molecular formula is C26H40Cl4N8O3. The van der Waals surface area contributed by atoms with Crippen LogP contribution in [0.4, 0.5) is 0 Å². The van der Waals surface area contributed by atoms with E-state index in [2.05, 4.69) is 136 Å². The zero-order valence-corrected chi connectivity index (χ0v) is 26.9. The summed E-state index contributed by atoms with van der Waals surface area (Å²) in [4.78, 5) is 0. The summed E-state index contributed by atoms with van der Waals surface area (Å²) >= 11 is 0. The van der Waals surface area contributed by atoms with E-state index in [4.69, 9.17) is 10.2 Å². The molecule has 1 aromatic carbocycles. The Labute approximate surface area is 266 Å². The number of rotatable bonds is 6. The van der Waals surface area contributed by atoms with E-state index in [1.54, 1.807) is 0 Å². The number of hydrogen-bond donors (Lipinski definition) is 2. The van der Waals surface area contributed by atoms with Crippen LogP contribution in [0.1, 0.15) is 23.5 Å². The van der Waals surface area contributed by atoms with Crippen LogP contribution >= 0.6 is 0 Å². The lowest BCUT2D eigenvalue weighted by molar-refractivity contribution is -0.672. The van der Waals surface area contributed by atoms with Crippen LogP contribution in [-0.2, 0) is 28.2 Å². The maximum Gasteiger partial charge on any atom is 0.268 e. The molecule has 0 atom stereocenters. The lowest BCUT2D eigenvalue weighted by atomic mass is 10.1. The molecule has 0 fully saturated rings. The molecule has 0 saturated carbocycles. The molecule has 0 saturated heterocycles. The normalized spacial score (nSPS) is 9.41. The van der Waals surface area contributed by atoms with Crippen molar-refractivity contribution in [3.05, 3.63) is 110 Å². The van der Waals surface area contributed by atoms with E-state index in [1.165, 1.54) is 11.1 Å². The van der Waals surface area contributed by atoms with Crippen molar-refractivity contribution in [2.24, 2.45) is 28.2 Å². The molecule has 0 aliphatic heterocycles. The Morgan fingerprint density at radius 3 is 0.805 bits per heavy atom. The van der Waals surface area contributed by atoms with Crippen molar-refractivity contribution >= 4 is 0 Å². The van der Waals surface area contributed by atoms with Crippen LogP contribution in [0.25, 0.3) is 0 Å². The highest BCUT2D eigenvalue weighted by Crippen LogP contribution is 2.25. The van der Waals surface area contributed by atoms with E-state index < -0.39 is 0 Å². The Bertz CT molecular complexity index is 1190. The van der Waals surface area contributed by atoms with Gasteiger partial charge in [0.1, 0.15) is 49.6 Å². The van der Waals surface area contributed by atoms with Gasteiger partial charge in [-0.05, 0) is 24.3 Å². The second-order valence-electron chi connectivity index (χ2n) is 8.52. The summed E-state index contributed by atoms with van der Waals surface area (Å²) < 4.78 is 17.2. The fourth-order valence-corrected chi connectivity index (χ4v) is 4.29. The van der Waals surface area contributed by atoms with Gasteiger partial charge in [0.05, 0.1) is 28.2 Å². The van der Waals surface area contributed by atoms with Gasteiger partial charge in [-0.15, -0.1) is 0 Å². The van der Waals surface area contributed by atoms with Gasteiger partial charge in [0, 0.05) is 25.3 Å². The molecule has 230 valence electrons. The van der Waals surface area contributed by atoms with Gasteiger partial charge in [0.25, 0.3) is 12.3 Å². The summed E-state index contributed by atoms with van der Waals surface area (Å²) in [6.45, 7) is 0. The molecule has 15 heteroatoms. The standard InChI is InChI=1S/C24H30N8.2CH4O.4ClH.H2O/c1-25-9-13-29(17-25)23(30-14-10-26(2)18-30)21-5-7-22(8-6-21)24(31-15-11-27(3)19-31)32-16-12-28(4)20-32;2*1-2;;;;;/h5-20,23-24H,1-4H3;2*2H,1H3;4*1H;1H2/q+4;;;;;;;/p-4. The van der Waals surface area contributed by atoms with Gasteiger partial charge in [-0.2, -0.15) is 18.3 Å². The fraction of sp³-hybridized carbons (Fsp3) is 0.308. The third-order valence-corrected chi connectivity index (χ3v) is 5.82. The number of nitrogens with zero attached hydrogens (tertiary/aromatic N) is 8. The second kappa shape index (κ2) is 20.1. The van der Waals surface area contributed by atoms with Crippen molar-refractivity contribution in [1.29, 1.82) is 0 Å². The number of hydrogen-bond acceptors (Lipinski definition) is 2. The molecule has 0 spiro atoms. The topological polar surface area (TPSA) is 107 Å². The zero-order valence-electron chi connectivity index (χ0n) is 23.9. The number of benzene rings is 1. The minimum Gasteiger partial charge on any atom is -1.00 e. The van der Waals surface area contributed by atoms with Crippen LogP contribution < -0.4 is 67.9 Å². The SMILES string of the molecule is CO.CO.C[n+]1ccn(C(c2ccc(C(n3cc[n+](C)c3)n3cc[n+](C)c3)cc2)n2cc[n+](C)c2)c1.O.[Cl-].[Cl-].[Cl-].[Cl-]. The minimum atomic E-state index is 0. The number of imidazole rings is 4. The molecule has 4 aromatic heterocycles. The van der Waals surface area contributed by atoms with E-state index in [9.17, 15) is 0 Å². The summed E-state index contributed by atoms with van der Waals surface area (Å²) in [5, 5.41) is 14.0. The maximum atomic E-state index is 7.00. The van der Waals surface area contributed by atoms with Gasteiger partial charge >= 0.3 is 0 Å². The van der Waals surface area contributed by atoms with E-state index in [-0.39, 0.29) is 67.4 Å². The summed E-state index contributed by atoms with van der Waals surface area (Å²) in [6.07, 6.45) is 25.3. The molecule has 5 aromatic rings. The number of aliphatic hydroxyl groups excluding tert-OH is 2. The Morgan fingerprint density at radius 2 is 0.659 bits per heavy atom. The second-order valence-corrected chi connectivity index (χ2v) is 8.52. The molecule has 0 unspecified atom stereocenters. The smallest absolute Gasteiger partial charge is 0.268 e. The monoisotopic (exact) mass is 652 g/mol. The first-order valence-corrected chi connectivity index (χ1v) is 11.6. The van der Waals surface area contributed by atoms with Gasteiger partial charge < -0.3 is 65.3 Å². The molecule has 41 heavy (non-hydrogen) atoms. The fourth-order valence-electron chi connectivity index (χ4n) is 4.29. The number of halogens is 4. The molecule has 4 N–H and O–H groups in total. The van der Waals surface area contributed by atoms with Crippen molar-refractivity contribution in [2.45, 2.75) is 12.3 Å². The first-order chi connectivity index (χ1) is 17.5. The van der Waals surface area contributed by atoms with E-state index in [0.717, 1.165) is 14.2 Å². The van der Waals surface area contributed by atoms with Crippen molar-refractivity contribution < 1.29 is 83.6 Å².